The molecule has 1 fully saturated rings. The van der Waals surface area contributed by atoms with Crippen molar-refractivity contribution in [3.05, 3.63) is 58.7 Å². The van der Waals surface area contributed by atoms with Crippen LogP contribution in [0.5, 0.6) is 5.75 Å². The number of morpholine rings is 1. The third-order valence-corrected chi connectivity index (χ3v) is 6.00. The molecule has 1 aliphatic rings. The van der Waals surface area contributed by atoms with Gasteiger partial charge in [0.25, 0.3) is 0 Å². The maximum absolute atomic E-state index is 12.9. The lowest BCUT2D eigenvalue weighted by molar-refractivity contribution is -0.138. The first-order valence-corrected chi connectivity index (χ1v) is 11.0. The van der Waals surface area contributed by atoms with E-state index in [0.29, 0.717) is 37.1 Å². The van der Waals surface area contributed by atoms with Crippen molar-refractivity contribution in [3.63, 3.8) is 0 Å². The van der Waals surface area contributed by atoms with Gasteiger partial charge >= 0.3 is 0 Å². The van der Waals surface area contributed by atoms with Crippen LogP contribution < -0.4 is 10.1 Å². The van der Waals surface area contributed by atoms with Gasteiger partial charge in [0.1, 0.15) is 22.7 Å². The fourth-order valence-corrected chi connectivity index (χ4v) is 4.07. The maximum Gasteiger partial charge on any atom is 0.227 e. The molecule has 0 radical (unpaired) electrons. The van der Waals surface area contributed by atoms with Crippen LogP contribution in [-0.2, 0) is 22.4 Å². The quantitative estimate of drug-likeness (QED) is 0.603. The van der Waals surface area contributed by atoms with E-state index in [9.17, 15) is 4.79 Å². The molecule has 2 aromatic heterocycles. The molecule has 9 heteroatoms. The molecule has 0 saturated carbocycles. The van der Waals surface area contributed by atoms with Gasteiger partial charge < -0.3 is 19.7 Å². The van der Waals surface area contributed by atoms with E-state index >= 15 is 0 Å². The van der Waals surface area contributed by atoms with Gasteiger partial charge in [0.05, 0.1) is 32.4 Å². The summed E-state index contributed by atoms with van der Waals surface area (Å²) < 4.78 is 11.2. The van der Waals surface area contributed by atoms with Crippen LogP contribution in [0.3, 0.4) is 0 Å². The van der Waals surface area contributed by atoms with Gasteiger partial charge in [-0.1, -0.05) is 36.5 Å². The number of methoxy groups -OCH3 is 1. The molecule has 1 atom stereocenters. The Hall–Kier alpha value is -3.04. The summed E-state index contributed by atoms with van der Waals surface area (Å²) in [4.78, 5) is 19.4. The van der Waals surface area contributed by atoms with E-state index in [1.807, 2.05) is 54.3 Å². The van der Waals surface area contributed by atoms with Crippen LogP contribution in [0.25, 0.3) is 0 Å². The summed E-state index contributed by atoms with van der Waals surface area (Å²) >= 11 is 1.51. The fraction of sp³-hybridized carbons (Fsp3) is 0.364. The zero-order chi connectivity index (χ0) is 21.6. The SMILES string of the molecule is CCc1nnc(Nc2cccc(C3CN(C(=O)Cc4cccc(OC)c4)CCO3)n2)s1. The molecule has 1 aromatic carbocycles. The van der Waals surface area contributed by atoms with E-state index in [4.69, 9.17) is 9.47 Å². The number of aryl methyl sites for hydroxylation is 1. The number of ether oxygens (including phenoxy) is 2. The van der Waals surface area contributed by atoms with Gasteiger partial charge in [-0.05, 0) is 36.2 Å². The van der Waals surface area contributed by atoms with Crippen LogP contribution in [-0.4, -0.2) is 52.8 Å². The number of hydrogen-bond acceptors (Lipinski definition) is 8. The first kappa shape index (κ1) is 21.2. The number of hydrogen-bond donors (Lipinski definition) is 1. The highest BCUT2D eigenvalue weighted by Gasteiger charge is 2.26. The lowest BCUT2D eigenvalue weighted by Crippen LogP contribution is -2.43. The third kappa shape index (κ3) is 5.36. The Labute approximate surface area is 185 Å². The van der Waals surface area contributed by atoms with Crippen LogP contribution in [0.4, 0.5) is 10.9 Å². The number of aromatic nitrogens is 3. The van der Waals surface area contributed by atoms with Crippen molar-refractivity contribution in [2.24, 2.45) is 0 Å². The highest BCUT2D eigenvalue weighted by Crippen LogP contribution is 2.25. The van der Waals surface area contributed by atoms with Gasteiger partial charge in [-0.15, -0.1) is 10.2 Å². The molecule has 3 aromatic rings. The topological polar surface area (TPSA) is 89.5 Å². The molecule has 1 N–H and O–H groups in total. The summed E-state index contributed by atoms with van der Waals surface area (Å²) in [5.41, 5.74) is 1.71. The number of pyridine rings is 1. The van der Waals surface area contributed by atoms with Crippen molar-refractivity contribution in [1.82, 2.24) is 20.1 Å². The van der Waals surface area contributed by atoms with Gasteiger partial charge in [0, 0.05) is 6.54 Å². The van der Waals surface area contributed by atoms with E-state index < -0.39 is 0 Å². The number of carbonyl (C=O) groups is 1. The predicted octanol–water partition coefficient (Wildman–Crippen LogP) is 3.39. The highest BCUT2D eigenvalue weighted by atomic mass is 32.1. The minimum atomic E-state index is -0.273. The van der Waals surface area contributed by atoms with Crippen LogP contribution >= 0.6 is 11.3 Å². The largest absolute Gasteiger partial charge is 0.497 e. The van der Waals surface area contributed by atoms with Crippen molar-refractivity contribution in [1.29, 1.82) is 0 Å². The normalized spacial score (nSPS) is 16.2. The Bertz CT molecular complexity index is 1040. The molecule has 1 saturated heterocycles. The molecule has 0 bridgehead atoms. The van der Waals surface area contributed by atoms with E-state index in [2.05, 4.69) is 20.5 Å². The minimum absolute atomic E-state index is 0.0665. The third-order valence-electron chi connectivity index (χ3n) is 5.01. The number of anilines is 2. The molecule has 0 spiro atoms. The van der Waals surface area contributed by atoms with E-state index in [-0.39, 0.29) is 12.0 Å². The smallest absolute Gasteiger partial charge is 0.227 e. The first-order chi connectivity index (χ1) is 15.1. The number of nitrogens with one attached hydrogen (secondary N) is 1. The molecule has 1 aliphatic heterocycles. The van der Waals surface area contributed by atoms with Crippen molar-refractivity contribution < 1.29 is 14.3 Å². The van der Waals surface area contributed by atoms with Crippen molar-refractivity contribution in [3.8, 4) is 5.75 Å². The summed E-state index contributed by atoms with van der Waals surface area (Å²) in [6, 6.07) is 13.3. The van der Waals surface area contributed by atoms with Crippen molar-refractivity contribution in [2.45, 2.75) is 25.9 Å². The summed E-state index contributed by atoms with van der Waals surface area (Å²) in [7, 11) is 1.62. The summed E-state index contributed by atoms with van der Waals surface area (Å²) in [6.45, 7) is 3.56. The van der Waals surface area contributed by atoms with Gasteiger partial charge in [0.2, 0.25) is 11.0 Å². The molecule has 162 valence electrons. The van der Waals surface area contributed by atoms with Crippen molar-refractivity contribution >= 4 is 28.2 Å². The average Bonchev–Trinajstić information content (AvgIpc) is 3.27. The summed E-state index contributed by atoms with van der Waals surface area (Å²) in [5, 5.41) is 13.1. The minimum Gasteiger partial charge on any atom is -0.497 e. The zero-order valence-corrected chi connectivity index (χ0v) is 18.4. The number of carbonyl (C=O) groups excluding carboxylic acids is 1. The number of amides is 1. The maximum atomic E-state index is 12.9. The van der Waals surface area contributed by atoms with Gasteiger partial charge in [-0.3, -0.25) is 4.79 Å². The molecule has 3 heterocycles. The van der Waals surface area contributed by atoms with Crippen LogP contribution in [0.15, 0.2) is 42.5 Å². The monoisotopic (exact) mass is 439 g/mol. The summed E-state index contributed by atoms with van der Waals surface area (Å²) in [6.07, 6.45) is 0.906. The Kier molecular flexibility index (Phi) is 6.73. The molecular formula is C22H25N5O3S. The molecule has 4 rings (SSSR count). The summed E-state index contributed by atoms with van der Waals surface area (Å²) in [5.74, 6) is 1.50. The lowest BCUT2D eigenvalue weighted by atomic mass is 10.1. The standard InChI is InChI=1S/C22H25N5O3S/c1-3-20-25-26-22(31-20)24-19-9-5-8-17(23-19)18-14-27(10-11-30-18)21(28)13-15-6-4-7-16(12-15)29-2/h4-9,12,18H,3,10-11,13-14H2,1-2H3,(H,23,24,26). The Morgan fingerprint density at radius 3 is 2.97 bits per heavy atom. The second-order valence-electron chi connectivity index (χ2n) is 7.15. The molecule has 31 heavy (non-hydrogen) atoms. The number of rotatable bonds is 7. The molecule has 0 aliphatic carbocycles. The second kappa shape index (κ2) is 9.84. The van der Waals surface area contributed by atoms with E-state index in [0.717, 1.165) is 28.4 Å². The second-order valence-corrected chi connectivity index (χ2v) is 8.22. The highest BCUT2D eigenvalue weighted by molar-refractivity contribution is 7.15. The van der Waals surface area contributed by atoms with Gasteiger partial charge in [0.15, 0.2) is 0 Å². The van der Waals surface area contributed by atoms with Gasteiger partial charge in [-0.2, -0.15) is 0 Å². The van der Waals surface area contributed by atoms with E-state index in [1.54, 1.807) is 7.11 Å². The Balaban J connectivity index is 1.41. The van der Waals surface area contributed by atoms with Crippen LogP contribution in [0.2, 0.25) is 0 Å². The zero-order valence-electron chi connectivity index (χ0n) is 17.6. The average molecular weight is 440 g/mol. The lowest BCUT2D eigenvalue weighted by Gasteiger charge is -2.33. The van der Waals surface area contributed by atoms with Crippen LogP contribution in [0, 0.1) is 0 Å². The Morgan fingerprint density at radius 2 is 2.16 bits per heavy atom. The molecule has 1 amide bonds. The van der Waals surface area contributed by atoms with Gasteiger partial charge in [-0.25, -0.2) is 4.98 Å². The number of benzene rings is 1. The Morgan fingerprint density at radius 1 is 1.29 bits per heavy atom. The van der Waals surface area contributed by atoms with Crippen molar-refractivity contribution in [2.75, 3.05) is 32.1 Å². The molecule has 1 unspecified atom stereocenters. The first-order valence-electron chi connectivity index (χ1n) is 10.2. The van der Waals surface area contributed by atoms with E-state index in [1.165, 1.54) is 11.3 Å². The van der Waals surface area contributed by atoms with Crippen LogP contribution in [0.1, 0.15) is 29.3 Å². The predicted molar refractivity (Wildman–Crippen MR) is 119 cm³/mol. The fourth-order valence-electron chi connectivity index (χ4n) is 3.38. The number of nitrogens with zero attached hydrogens (tertiary/aromatic N) is 4. The molecular weight excluding hydrogens is 414 g/mol. The molecule has 8 nitrogen and oxygen atoms in total.